The zero-order valence-corrected chi connectivity index (χ0v) is 12.3. The van der Waals surface area contributed by atoms with Crippen molar-refractivity contribution in [3.05, 3.63) is 0 Å². The van der Waals surface area contributed by atoms with Crippen LogP contribution in [0.3, 0.4) is 0 Å². The monoisotopic (exact) mass is 254 g/mol. The van der Waals surface area contributed by atoms with E-state index in [0.29, 0.717) is 12.1 Å². The minimum atomic E-state index is 0.556. The summed E-state index contributed by atoms with van der Waals surface area (Å²) in [5.41, 5.74) is 0. The third-order valence-corrected chi connectivity index (χ3v) is 4.65. The fraction of sp³-hybridized carbons (Fsp3) is 1.00. The largest absolute Gasteiger partial charge is 0.383 e. The summed E-state index contributed by atoms with van der Waals surface area (Å²) in [6.07, 6.45) is 6.81. The maximum Gasteiger partial charge on any atom is 0.0630 e. The van der Waals surface area contributed by atoms with Crippen molar-refractivity contribution in [3.63, 3.8) is 0 Å². The van der Waals surface area contributed by atoms with Crippen LogP contribution in [0.25, 0.3) is 0 Å². The van der Waals surface area contributed by atoms with Gasteiger partial charge in [0.05, 0.1) is 6.61 Å². The van der Waals surface area contributed by atoms with Crippen molar-refractivity contribution >= 4 is 0 Å². The Labute approximate surface area is 112 Å². The van der Waals surface area contributed by atoms with Crippen LogP contribution < -0.4 is 5.32 Å². The van der Waals surface area contributed by atoms with Gasteiger partial charge in [-0.25, -0.2) is 0 Å². The van der Waals surface area contributed by atoms with E-state index >= 15 is 0 Å². The summed E-state index contributed by atoms with van der Waals surface area (Å²) in [7, 11) is 1.83. The van der Waals surface area contributed by atoms with Crippen LogP contribution >= 0.6 is 0 Å². The van der Waals surface area contributed by atoms with Gasteiger partial charge in [0.25, 0.3) is 0 Å². The number of hydrogen-bond donors (Lipinski definition) is 1. The minimum Gasteiger partial charge on any atom is -0.383 e. The third kappa shape index (κ3) is 3.94. The first-order valence-electron chi connectivity index (χ1n) is 7.72. The topological polar surface area (TPSA) is 24.5 Å². The molecular weight excluding hydrogens is 224 g/mol. The molecule has 3 heteroatoms. The number of hydrogen-bond acceptors (Lipinski definition) is 3. The molecule has 2 fully saturated rings. The predicted molar refractivity (Wildman–Crippen MR) is 75.9 cm³/mol. The molecule has 1 N–H and O–H groups in total. The highest BCUT2D eigenvalue weighted by Crippen LogP contribution is 2.26. The lowest BCUT2D eigenvalue weighted by molar-refractivity contribution is 0.0264. The first kappa shape index (κ1) is 14.3. The van der Waals surface area contributed by atoms with Gasteiger partial charge in [0, 0.05) is 38.3 Å². The van der Waals surface area contributed by atoms with Crippen LogP contribution in [-0.4, -0.2) is 49.8 Å². The van der Waals surface area contributed by atoms with Gasteiger partial charge in [-0.05, 0) is 38.5 Å². The van der Waals surface area contributed by atoms with Gasteiger partial charge in [0.1, 0.15) is 0 Å². The summed E-state index contributed by atoms with van der Waals surface area (Å²) < 4.78 is 5.45. The predicted octanol–water partition coefficient (Wildman–Crippen LogP) is 2.26. The molecule has 2 rings (SSSR count). The van der Waals surface area contributed by atoms with Crippen LogP contribution in [0, 0.1) is 5.92 Å². The molecular formula is C15H30N2O. The Morgan fingerprint density at radius 3 is 2.67 bits per heavy atom. The van der Waals surface area contributed by atoms with Crippen molar-refractivity contribution in [1.82, 2.24) is 10.2 Å². The molecule has 1 saturated heterocycles. The smallest absolute Gasteiger partial charge is 0.0630 e. The first-order valence-corrected chi connectivity index (χ1v) is 7.72. The van der Waals surface area contributed by atoms with E-state index in [4.69, 9.17) is 4.74 Å². The Balaban J connectivity index is 1.88. The SMILES string of the molecule is CCC1CCC(C)N(C(CNC2CC2)COC)C1. The van der Waals surface area contributed by atoms with Crippen molar-refractivity contribution in [2.45, 2.75) is 64.1 Å². The molecule has 3 nitrogen and oxygen atoms in total. The zero-order chi connectivity index (χ0) is 13.0. The fourth-order valence-corrected chi connectivity index (χ4v) is 3.11. The minimum absolute atomic E-state index is 0.556. The average Bonchev–Trinajstić information content (AvgIpc) is 3.19. The van der Waals surface area contributed by atoms with Gasteiger partial charge < -0.3 is 10.1 Å². The van der Waals surface area contributed by atoms with Gasteiger partial charge in [-0.3, -0.25) is 4.90 Å². The van der Waals surface area contributed by atoms with Crippen molar-refractivity contribution in [1.29, 1.82) is 0 Å². The standard InChI is InChI=1S/C15H30N2O/c1-4-13-6-5-12(2)17(10-13)15(11-18-3)9-16-14-7-8-14/h12-16H,4-11H2,1-3H3. The number of nitrogens with zero attached hydrogens (tertiary/aromatic N) is 1. The highest BCUT2D eigenvalue weighted by molar-refractivity contribution is 4.88. The summed E-state index contributed by atoms with van der Waals surface area (Å²) in [4.78, 5) is 2.69. The van der Waals surface area contributed by atoms with Crippen LogP contribution in [0.5, 0.6) is 0 Å². The van der Waals surface area contributed by atoms with E-state index in [1.165, 1.54) is 38.6 Å². The van der Waals surface area contributed by atoms with Gasteiger partial charge in [-0.1, -0.05) is 13.3 Å². The second-order valence-corrected chi connectivity index (χ2v) is 6.19. The molecule has 1 aliphatic heterocycles. The van der Waals surface area contributed by atoms with Gasteiger partial charge in [-0.2, -0.15) is 0 Å². The highest BCUT2D eigenvalue weighted by Gasteiger charge is 2.31. The van der Waals surface area contributed by atoms with Crippen LogP contribution in [0.15, 0.2) is 0 Å². The summed E-state index contributed by atoms with van der Waals surface area (Å²) in [6.45, 7) is 7.93. The molecule has 0 aromatic heterocycles. The quantitative estimate of drug-likeness (QED) is 0.754. The van der Waals surface area contributed by atoms with Gasteiger partial charge in [-0.15, -0.1) is 0 Å². The van der Waals surface area contributed by atoms with Crippen LogP contribution in [0.1, 0.15) is 46.0 Å². The molecule has 1 aliphatic carbocycles. The lowest BCUT2D eigenvalue weighted by Crippen LogP contribution is -2.53. The molecule has 106 valence electrons. The summed E-state index contributed by atoms with van der Waals surface area (Å²) >= 11 is 0. The van der Waals surface area contributed by atoms with Crippen LogP contribution in [0.2, 0.25) is 0 Å². The molecule has 3 unspecified atom stereocenters. The molecule has 0 bridgehead atoms. The van der Waals surface area contributed by atoms with Crippen molar-refractivity contribution in [3.8, 4) is 0 Å². The molecule has 0 radical (unpaired) electrons. The summed E-state index contributed by atoms with van der Waals surface area (Å²) in [6, 6.07) is 2.07. The summed E-state index contributed by atoms with van der Waals surface area (Å²) in [5, 5.41) is 3.67. The van der Waals surface area contributed by atoms with E-state index in [9.17, 15) is 0 Å². The zero-order valence-electron chi connectivity index (χ0n) is 12.3. The third-order valence-electron chi connectivity index (χ3n) is 4.65. The molecule has 1 heterocycles. The number of methoxy groups -OCH3 is 1. The number of piperidine rings is 1. The van der Waals surface area contributed by atoms with Crippen molar-refractivity contribution in [2.24, 2.45) is 5.92 Å². The molecule has 2 aliphatic rings. The second kappa shape index (κ2) is 6.88. The Bertz CT molecular complexity index is 243. The van der Waals surface area contributed by atoms with E-state index in [1.807, 2.05) is 7.11 Å². The van der Waals surface area contributed by atoms with Crippen LogP contribution in [0.4, 0.5) is 0 Å². The lowest BCUT2D eigenvalue weighted by Gasteiger charge is -2.42. The van der Waals surface area contributed by atoms with E-state index in [-0.39, 0.29) is 0 Å². The number of likely N-dealkylation sites (tertiary alicyclic amines) is 1. The van der Waals surface area contributed by atoms with Crippen molar-refractivity contribution in [2.75, 3.05) is 26.8 Å². The maximum absolute atomic E-state index is 5.45. The van der Waals surface area contributed by atoms with E-state index in [2.05, 4.69) is 24.1 Å². The Morgan fingerprint density at radius 2 is 2.06 bits per heavy atom. The number of ether oxygens (including phenoxy) is 1. The van der Waals surface area contributed by atoms with Gasteiger partial charge in [0.2, 0.25) is 0 Å². The summed E-state index contributed by atoms with van der Waals surface area (Å²) in [5.74, 6) is 0.890. The van der Waals surface area contributed by atoms with Gasteiger partial charge in [0.15, 0.2) is 0 Å². The second-order valence-electron chi connectivity index (χ2n) is 6.19. The van der Waals surface area contributed by atoms with E-state index < -0.39 is 0 Å². The molecule has 0 amide bonds. The average molecular weight is 254 g/mol. The molecule has 1 saturated carbocycles. The Hall–Kier alpha value is -0.120. The van der Waals surface area contributed by atoms with Gasteiger partial charge >= 0.3 is 0 Å². The number of nitrogens with one attached hydrogen (secondary N) is 1. The fourth-order valence-electron chi connectivity index (χ4n) is 3.11. The van der Waals surface area contributed by atoms with E-state index in [1.54, 1.807) is 0 Å². The maximum atomic E-state index is 5.45. The normalized spacial score (nSPS) is 31.5. The molecule has 0 aromatic carbocycles. The lowest BCUT2D eigenvalue weighted by atomic mass is 9.90. The van der Waals surface area contributed by atoms with E-state index in [0.717, 1.165) is 25.1 Å². The number of rotatable bonds is 7. The highest BCUT2D eigenvalue weighted by atomic mass is 16.5. The molecule has 0 spiro atoms. The Morgan fingerprint density at radius 1 is 1.28 bits per heavy atom. The molecule has 18 heavy (non-hydrogen) atoms. The molecule has 0 aromatic rings. The van der Waals surface area contributed by atoms with Crippen LogP contribution in [-0.2, 0) is 4.74 Å². The Kier molecular flexibility index (Phi) is 5.46. The molecule has 3 atom stereocenters. The van der Waals surface area contributed by atoms with Crippen molar-refractivity contribution < 1.29 is 4.74 Å². The first-order chi connectivity index (χ1) is 8.74.